The Balaban J connectivity index is 2.51. The summed E-state index contributed by atoms with van der Waals surface area (Å²) >= 11 is 6.22. The van der Waals surface area contributed by atoms with E-state index >= 15 is 0 Å². The van der Waals surface area contributed by atoms with Crippen molar-refractivity contribution in [1.82, 2.24) is 0 Å². The van der Waals surface area contributed by atoms with Crippen LogP contribution in [0.5, 0.6) is 11.5 Å². The lowest BCUT2D eigenvalue weighted by Gasteiger charge is -2.22. The predicted molar refractivity (Wildman–Crippen MR) is 63.2 cm³/mol. The zero-order chi connectivity index (χ0) is 12.4. The van der Waals surface area contributed by atoms with E-state index in [0.29, 0.717) is 41.7 Å². The van der Waals surface area contributed by atoms with E-state index in [4.69, 9.17) is 26.2 Å². The van der Waals surface area contributed by atoms with Crippen LogP contribution in [0.3, 0.4) is 0 Å². The Kier molecular flexibility index (Phi) is 3.43. The average Bonchev–Trinajstić information content (AvgIpc) is 2.29. The van der Waals surface area contributed by atoms with Gasteiger partial charge in [0.05, 0.1) is 11.4 Å². The monoisotopic (exact) mass is 256 g/mol. The topological polar surface area (TPSA) is 55.8 Å². The lowest BCUT2D eigenvalue weighted by atomic mass is 10.0. The third-order valence-electron chi connectivity index (χ3n) is 2.66. The molecule has 0 aromatic heterocycles. The van der Waals surface area contributed by atoms with Gasteiger partial charge < -0.3 is 14.6 Å². The highest BCUT2D eigenvalue weighted by atomic mass is 35.5. The molecule has 0 bridgehead atoms. The van der Waals surface area contributed by atoms with Crippen LogP contribution in [0.4, 0.5) is 0 Å². The van der Waals surface area contributed by atoms with Crippen LogP contribution in [-0.2, 0) is 17.6 Å². The van der Waals surface area contributed by atoms with Gasteiger partial charge in [0.1, 0.15) is 13.2 Å². The molecule has 1 aliphatic heterocycles. The zero-order valence-electron chi connectivity index (χ0n) is 9.46. The highest BCUT2D eigenvalue weighted by Crippen LogP contribution is 2.41. The van der Waals surface area contributed by atoms with Crippen LogP contribution in [0.25, 0.3) is 0 Å². The first kappa shape index (κ1) is 12.0. The number of carboxylic acids is 1. The van der Waals surface area contributed by atoms with E-state index in [1.165, 1.54) is 0 Å². The van der Waals surface area contributed by atoms with Gasteiger partial charge in [0.25, 0.3) is 0 Å². The molecule has 0 aliphatic carbocycles. The van der Waals surface area contributed by atoms with Crippen LogP contribution < -0.4 is 9.47 Å². The van der Waals surface area contributed by atoms with Crippen LogP contribution in [-0.4, -0.2) is 24.3 Å². The van der Waals surface area contributed by atoms with Crippen LogP contribution in [0, 0.1) is 0 Å². The fraction of sp³-hybridized carbons (Fsp3) is 0.417. The molecule has 5 heteroatoms. The fourth-order valence-electron chi connectivity index (χ4n) is 1.94. The normalized spacial score (nSPS) is 13.5. The molecular weight excluding hydrogens is 244 g/mol. The smallest absolute Gasteiger partial charge is 0.307 e. The number of ether oxygens (including phenoxy) is 2. The molecule has 1 aliphatic rings. The van der Waals surface area contributed by atoms with Crippen molar-refractivity contribution in [2.75, 3.05) is 13.2 Å². The molecule has 2 rings (SSSR count). The standard InChI is InChI=1S/C12H13ClO4/c1-2-8-7(6-10(14)15)5-9-12(11(8)13)17-4-3-16-9/h5H,2-4,6H2,1H3,(H,14,15). The molecule has 1 aromatic rings. The third-order valence-corrected chi connectivity index (χ3v) is 3.06. The van der Waals surface area contributed by atoms with Gasteiger partial charge >= 0.3 is 5.97 Å². The fourth-order valence-corrected chi connectivity index (χ4v) is 2.34. The number of hydrogen-bond acceptors (Lipinski definition) is 3. The number of carboxylic acid groups (broad SMARTS) is 1. The molecule has 0 saturated carbocycles. The zero-order valence-corrected chi connectivity index (χ0v) is 10.2. The van der Waals surface area contributed by atoms with Crippen LogP contribution in [0.1, 0.15) is 18.1 Å². The van der Waals surface area contributed by atoms with E-state index in [2.05, 4.69) is 0 Å². The van der Waals surface area contributed by atoms with Gasteiger partial charge in [-0.2, -0.15) is 0 Å². The van der Waals surface area contributed by atoms with E-state index in [9.17, 15) is 4.79 Å². The Labute approximate surface area is 104 Å². The molecule has 0 saturated heterocycles. The van der Waals surface area contributed by atoms with Crippen molar-refractivity contribution in [1.29, 1.82) is 0 Å². The van der Waals surface area contributed by atoms with Crippen molar-refractivity contribution in [3.8, 4) is 11.5 Å². The van der Waals surface area contributed by atoms with Gasteiger partial charge in [0.15, 0.2) is 11.5 Å². The second kappa shape index (κ2) is 4.84. The lowest BCUT2D eigenvalue weighted by Crippen LogP contribution is -2.17. The van der Waals surface area contributed by atoms with Crippen molar-refractivity contribution in [2.24, 2.45) is 0 Å². The van der Waals surface area contributed by atoms with E-state index in [-0.39, 0.29) is 6.42 Å². The largest absolute Gasteiger partial charge is 0.486 e. The van der Waals surface area contributed by atoms with E-state index in [1.807, 2.05) is 6.92 Å². The van der Waals surface area contributed by atoms with E-state index in [0.717, 1.165) is 5.56 Å². The quantitative estimate of drug-likeness (QED) is 0.902. The van der Waals surface area contributed by atoms with Crippen molar-refractivity contribution in [3.05, 3.63) is 22.2 Å². The van der Waals surface area contributed by atoms with Crippen molar-refractivity contribution in [2.45, 2.75) is 19.8 Å². The second-order valence-corrected chi connectivity index (χ2v) is 4.15. The minimum absolute atomic E-state index is 0.0560. The Morgan fingerprint density at radius 3 is 2.82 bits per heavy atom. The Bertz CT molecular complexity index is 456. The van der Waals surface area contributed by atoms with Crippen LogP contribution in [0.15, 0.2) is 6.07 Å². The molecular formula is C12H13ClO4. The molecule has 0 unspecified atom stereocenters. The molecule has 0 radical (unpaired) electrons. The van der Waals surface area contributed by atoms with Gasteiger partial charge in [-0.15, -0.1) is 0 Å². The van der Waals surface area contributed by atoms with Crippen molar-refractivity contribution >= 4 is 17.6 Å². The van der Waals surface area contributed by atoms with Gasteiger partial charge in [-0.05, 0) is 23.6 Å². The summed E-state index contributed by atoms with van der Waals surface area (Å²) < 4.78 is 10.9. The first-order chi connectivity index (χ1) is 8.13. The lowest BCUT2D eigenvalue weighted by molar-refractivity contribution is -0.136. The summed E-state index contributed by atoms with van der Waals surface area (Å²) in [6, 6.07) is 1.72. The Hall–Kier alpha value is -1.42. The summed E-state index contributed by atoms with van der Waals surface area (Å²) in [4.78, 5) is 10.8. The van der Waals surface area contributed by atoms with Gasteiger partial charge in [-0.25, -0.2) is 0 Å². The molecule has 0 amide bonds. The first-order valence-corrected chi connectivity index (χ1v) is 5.83. The summed E-state index contributed by atoms with van der Waals surface area (Å²) in [6.07, 6.45) is 0.609. The first-order valence-electron chi connectivity index (χ1n) is 5.45. The number of aliphatic carboxylic acids is 1. The molecule has 4 nitrogen and oxygen atoms in total. The minimum atomic E-state index is -0.882. The third kappa shape index (κ3) is 2.31. The molecule has 1 N–H and O–H groups in total. The molecule has 0 spiro atoms. The van der Waals surface area contributed by atoms with Crippen molar-refractivity contribution in [3.63, 3.8) is 0 Å². The molecule has 0 fully saturated rings. The summed E-state index contributed by atoms with van der Waals surface area (Å²) in [5, 5.41) is 9.34. The number of carbonyl (C=O) groups is 1. The van der Waals surface area contributed by atoms with Gasteiger partial charge in [0.2, 0.25) is 0 Å². The number of hydrogen-bond donors (Lipinski definition) is 1. The maximum Gasteiger partial charge on any atom is 0.307 e. The maximum atomic E-state index is 10.8. The second-order valence-electron chi connectivity index (χ2n) is 3.78. The Morgan fingerprint density at radius 2 is 2.18 bits per heavy atom. The predicted octanol–water partition coefficient (Wildman–Crippen LogP) is 2.30. The average molecular weight is 257 g/mol. The number of fused-ring (bicyclic) bond motifs is 1. The SMILES string of the molecule is CCc1c(CC(=O)O)cc2c(c1Cl)OCCO2. The molecule has 1 aromatic carbocycles. The number of halogens is 1. The Morgan fingerprint density at radius 1 is 1.47 bits per heavy atom. The number of rotatable bonds is 3. The van der Waals surface area contributed by atoms with Gasteiger partial charge in [0, 0.05) is 0 Å². The van der Waals surface area contributed by atoms with E-state index in [1.54, 1.807) is 6.07 Å². The highest BCUT2D eigenvalue weighted by Gasteiger charge is 2.21. The summed E-state index contributed by atoms with van der Waals surface area (Å²) in [6.45, 7) is 2.86. The molecule has 0 atom stereocenters. The maximum absolute atomic E-state index is 10.8. The summed E-state index contributed by atoms with van der Waals surface area (Å²) in [5.41, 5.74) is 1.51. The molecule has 1 heterocycles. The number of benzene rings is 1. The minimum Gasteiger partial charge on any atom is -0.486 e. The summed E-state index contributed by atoms with van der Waals surface area (Å²) in [7, 11) is 0. The van der Waals surface area contributed by atoms with Crippen molar-refractivity contribution < 1.29 is 19.4 Å². The van der Waals surface area contributed by atoms with E-state index < -0.39 is 5.97 Å². The molecule has 92 valence electrons. The molecule has 17 heavy (non-hydrogen) atoms. The van der Waals surface area contributed by atoms with Crippen LogP contribution >= 0.6 is 11.6 Å². The van der Waals surface area contributed by atoms with Gasteiger partial charge in [-0.1, -0.05) is 18.5 Å². The summed E-state index contributed by atoms with van der Waals surface area (Å²) in [5.74, 6) is 0.186. The highest BCUT2D eigenvalue weighted by molar-refractivity contribution is 6.33. The van der Waals surface area contributed by atoms with Crippen LogP contribution in [0.2, 0.25) is 5.02 Å². The van der Waals surface area contributed by atoms with Gasteiger partial charge in [-0.3, -0.25) is 4.79 Å².